The summed E-state index contributed by atoms with van der Waals surface area (Å²) >= 11 is 3.03. The highest BCUT2D eigenvalue weighted by Gasteiger charge is 2.17. The first kappa shape index (κ1) is 12.6. The zero-order valence-corrected chi connectivity index (χ0v) is 10.8. The molecule has 0 bridgehead atoms. The fourth-order valence-corrected chi connectivity index (χ4v) is 1.70. The van der Waals surface area contributed by atoms with Gasteiger partial charge in [-0.3, -0.25) is 5.32 Å². The summed E-state index contributed by atoms with van der Waals surface area (Å²) in [4.78, 5) is 10.7. The number of nitrogens with zero attached hydrogens (tertiary/aromatic N) is 1. The normalized spacial score (nSPS) is 10.4. The van der Waals surface area contributed by atoms with E-state index in [1.54, 1.807) is 13.0 Å². The SMILES string of the molecule is Cc1noc(-c2ccc(Br)c(F)c2)c1NC(=O)O. The molecule has 1 heterocycles. The van der Waals surface area contributed by atoms with Crippen LogP contribution in [0.25, 0.3) is 11.3 Å². The molecule has 0 aliphatic rings. The predicted octanol–water partition coefficient (Wildman–Crippen LogP) is 3.64. The van der Waals surface area contributed by atoms with Crippen LogP contribution < -0.4 is 5.32 Å². The molecule has 0 radical (unpaired) electrons. The van der Waals surface area contributed by atoms with E-state index in [1.165, 1.54) is 12.1 Å². The summed E-state index contributed by atoms with van der Waals surface area (Å²) in [6.07, 6.45) is -1.24. The largest absolute Gasteiger partial charge is 0.465 e. The Balaban J connectivity index is 2.50. The van der Waals surface area contributed by atoms with Crippen molar-refractivity contribution >= 4 is 27.7 Å². The number of amides is 1. The summed E-state index contributed by atoms with van der Waals surface area (Å²) in [7, 11) is 0. The standard InChI is InChI=1S/C11H8BrFN2O3/c1-5-9(14-11(16)17)10(18-15-5)6-2-3-7(12)8(13)4-6/h2-4,14H,1H3,(H,16,17). The summed E-state index contributed by atoms with van der Waals surface area (Å²) in [6.45, 7) is 1.59. The third-order valence-electron chi connectivity index (χ3n) is 2.28. The third kappa shape index (κ3) is 2.35. The van der Waals surface area contributed by atoms with E-state index in [4.69, 9.17) is 9.63 Å². The number of aromatic nitrogens is 1. The van der Waals surface area contributed by atoms with E-state index >= 15 is 0 Å². The van der Waals surface area contributed by atoms with Gasteiger partial charge in [0.1, 0.15) is 17.2 Å². The highest BCUT2D eigenvalue weighted by molar-refractivity contribution is 9.10. The number of hydrogen-bond donors (Lipinski definition) is 2. The number of halogens is 2. The van der Waals surface area contributed by atoms with E-state index in [0.717, 1.165) is 0 Å². The van der Waals surface area contributed by atoms with Crippen LogP contribution in [0, 0.1) is 12.7 Å². The molecule has 2 aromatic rings. The fraction of sp³-hybridized carbons (Fsp3) is 0.0909. The Morgan fingerprint density at radius 2 is 2.28 bits per heavy atom. The summed E-state index contributed by atoms with van der Waals surface area (Å²) in [6, 6.07) is 4.34. The molecule has 1 aromatic carbocycles. The molecule has 1 amide bonds. The van der Waals surface area contributed by atoms with Crippen molar-refractivity contribution in [3.8, 4) is 11.3 Å². The second-order valence-corrected chi connectivity index (χ2v) is 4.39. The van der Waals surface area contributed by atoms with Crippen LogP contribution in [-0.2, 0) is 0 Å². The van der Waals surface area contributed by atoms with Crippen LogP contribution in [0.4, 0.5) is 14.9 Å². The molecule has 2 rings (SSSR count). The van der Waals surface area contributed by atoms with Gasteiger partial charge in [0.05, 0.1) is 4.47 Å². The molecule has 2 N–H and O–H groups in total. The first-order valence-electron chi connectivity index (χ1n) is 4.90. The van der Waals surface area contributed by atoms with Crippen LogP contribution in [0.15, 0.2) is 27.2 Å². The number of aryl methyl sites for hydroxylation is 1. The summed E-state index contributed by atoms with van der Waals surface area (Å²) in [5.74, 6) is -0.288. The summed E-state index contributed by atoms with van der Waals surface area (Å²) < 4.78 is 18.8. The highest BCUT2D eigenvalue weighted by Crippen LogP contribution is 2.32. The van der Waals surface area contributed by atoms with Gasteiger partial charge in [-0.1, -0.05) is 5.16 Å². The van der Waals surface area contributed by atoms with Crippen molar-refractivity contribution in [2.45, 2.75) is 6.92 Å². The Kier molecular flexibility index (Phi) is 3.33. The molecule has 0 spiro atoms. The van der Waals surface area contributed by atoms with Gasteiger partial charge in [-0.15, -0.1) is 0 Å². The van der Waals surface area contributed by atoms with Gasteiger partial charge < -0.3 is 9.63 Å². The molecule has 0 aliphatic heterocycles. The average molecular weight is 315 g/mol. The van der Waals surface area contributed by atoms with E-state index in [9.17, 15) is 9.18 Å². The predicted molar refractivity (Wildman–Crippen MR) is 66.0 cm³/mol. The number of hydrogen-bond acceptors (Lipinski definition) is 3. The molecule has 0 saturated carbocycles. The van der Waals surface area contributed by atoms with Gasteiger partial charge in [0.25, 0.3) is 0 Å². The molecular weight excluding hydrogens is 307 g/mol. The van der Waals surface area contributed by atoms with Crippen LogP contribution in [0.5, 0.6) is 0 Å². The van der Waals surface area contributed by atoms with Crippen molar-refractivity contribution in [3.63, 3.8) is 0 Å². The van der Waals surface area contributed by atoms with Crippen LogP contribution in [0.1, 0.15) is 5.69 Å². The Morgan fingerprint density at radius 3 is 2.89 bits per heavy atom. The molecule has 0 aliphatic carbocycles. The Labute approximate surface area is 110 Å². The number of anilines is 1. The van der Waals surface area contributed by atoms with Crippen LogP contribution in [-0.4, -0.2) is 16.4 Å². The minimum Gasteiger partial charge on any atom is -0.465 e. The maximum absolute atomic E-state index is 13.4. The lowest BCUT2D eigenvalue weighted by atomic mass is 10.1. The second-order valence-electron chi connectivity index (χ2n) is 3.53. The minimum atomic E-state index is -1.24. The van der Waals surface area contributed by atoms with Crippen molar-refractivity contribution < 1.29 is 18.8 Å². The van der Waals surface area contributed by atoms with Gasteiger partial charge in [-0.2, -0.15) is 0 Å². The van der Waals surface area contributed by atoms with Gasteiger partial charge >= 0.3 is 6.09 Å². The van der Waals surface area contributed by atoms with Gasteiger partial charge in [0.2, 0.25) is 0 Å². The molecule has 7 heteroatoms. The van der Waals surface area contributed by atoms with E-state index in [0.29, 0.717) is 15.7 Å². The first-order valence-corrected chi connectivity index (χ1v) is 5.70. The lowest BCUT2D eigenvalue weighted by Crippen LogP contribution is -2.08. The fourth-order valence-electron chi connectivity index (χ4n) is 1.46. The van der Waals surface area contributed by atoms with E-state index < -0.39 is 11.9 Å². The minimum absolute atomic E-state index is 0.182. The lowest BCUT2D eigenvalue weighted by molar-refractivity contribution is 0.209. The Hall–Kier alpha value is -1.89. The number of benzene rings is 1. The van der Waals surface area contributed by atoms with Crippen molar-refractivity contribution in [2.24, 2.45) is 0 Å². The maximum atomic E-state index is 13.4. The molecule has 1 aromatic heterocycles. The molecule has 0 atom stereocenters. The second kappa shape index (κ2) is 4.77. The number of rotatable bonds is 2. The van der Waals surface area contributed by atoms with Gasteiger partial charge in [-0.25, -0.2) is 9.18 Å². The quantitative estimate of drug-likeness (QED) is 0.887. The Morgan fingerprint density at radius 1 is 1.56 bits per heavy atom. The first-order chi connectivity index (χ1) is 8.49. The highest BCUT2D eigenvalue weighted by atomic mass is 79.9. The molecular formula is C11H8BrFN2O3. The van der Waals surface area contributed by atoms with Gasteiger partial charge in [0, 0.05) is 5.56 Å². The Bertz CT molecular complexity index is 612. The zero-order valence-electron chi connectivity index (χ0n) is 9.20. The molecule has 18 heavy (non-hydrogen) atoms. The summed E-state index contributed by atoms with van der Waals surface area (Å²) in [5, 5.41) is 14.6. The molecule has 0 unspecified atom stereocenters. The van der Waals surface area contributed by atoms with Crippen molar-refractivity contribution in [1.29, 1.82) is 0 Å². The maximum Gasteiger partial charge on any atom is 0.409 e. The van der Waals surface area contributed by atoms with Crippen LogP contribution >= 0.6 is 15.9 Å². The van der Waals surface area contributed by atoms with Gasteiger partial charge in [-0.05, 0) is 41.1 Å². The molecule has 0 fully saturated rings. The van der Waals surface area contributed by atoms with Crippen molar-refractivity contribution in [1.82, 2.24) is 5.16 Å². The smallest absolute Gasteiger partial charge is 0.409 e. The number of carbonyl (C=O) groups is 1. The number of carboxylic acid groups (broad SMARTS) is 1. The van der Waals surface area contributed by atoms with E-state index in [-0.39, 0.29) is 11.4 Å². The van der Waals surface area contributed by atoms with Crippen LogP contribution in [0.3, 0.4) is 0 Å². The molecule has 94 valence electrons. The topological polar surface area (TPSA) is 75.4 Å². The van der Waals surface area contributed by atoms with E-state index in [2.05, 4.69) is 26.4 Å². The van der Waals surface area contributed by atoms with Crippen molar-refractivity contribution in [2.75, 3.05) is 5.32 Å². The van der Waals surface area contributed by atoms with Crippen molar-refractivity contribution in [3.05, 3.63) is 34.2 Å². The lowest BCUT2D eigenvalue weighted by Gasteiger charge is -2.02. The monoisotopic (exact) mass is 314 g/mol. The van der Waals surface area contributed by atoms with Gasteiger partial charge in [0.15, 0.2) is 5.76 Å². The summed E-state index contributed by atoms with van der Waals surface area (Å²) in [5.41, 5.74) is 1.000. The third-order valence-corrected chi connectivity index (χ3v) is 2.92. The molecule has 5 nitrogen and oxygen atoms in total. The molecule has 0 saturated heterocycles. The van der Waals surface area contributed by atoms with Crippen LogP contribution in [0.2, 0.25) is 0 Å². The number of nitrogens with one attached hydrogen (secondary N) is 1. The zero-order chi connectivity index (χ0) is 13.3. The van der Waals surface area contributed by atoms with E-state index in [1.807, 2.05) is 0 Å². The average Bonchev–Trinajstić information content (AvgIpc) is 2.64.